The Hall–Kier alpha value is -3.79. The van der Waals surface area contributed by atoms with Crippen LogP contribution in [0, 0.1) is 0 Å². The SMILES string of the molecule is CCOc1cccc(NC(=O)CC2SC(=Nc3ccc(C(F)(F)F)cc3)N(Cc3ccccc3)C2=O)c1. The Bertz CT molecular complexity index is 1280. The Labute approximate surface area is 216 Å². The summed E-state index contributed by atoms with van der Waals surface area (Å²) in [6.07, 6.45) is -4.55. The van der Waals surface area contributed by atoms with Crippen LogP contribution in [0.3, 0.4) is 0 Å². The summed E-state index contributed by atoms with van der Waals surface area (Å²) in [4.78, 5) is 32.0. The van der Waals surface area contributed by atoms with Gasteiger partial charge in [-0.3, -0.25) is 14.5 Å². The first-order valence-electron chi connectivity index (χ1n) is 11.5. The molecule has 1 heterocycles. The van der Waals surface area contributed by atoms with Gasteiger partial charge < -0.3 is 10.1 Å². The van der Waals surface area contributed by atoms with E-state index >= 15 is 0 Å². The lowest BCUT2D eigenvalue weighted by Crippen LogP contribution is -2.33. The van der Waals surface area contributed by atoms with Gasteiger partial charge in [-0.2, -0.15) is 13.2 Å². The van der Waals surface area contributed by atoms with Crippen LogP contribution in [0.5, 0.6) is 5.75 Å². The topological polar surface area (TPSA) is 71.0 Å². The number of thioether (sulfide) groups is 1. The Morgan fingerprint density at radius 1 is 1.05 bits per heavy atom. The number of nitrogens with one attached hydrogen (secondary N) is 1. The minimum atomic E-state index is -4.45. The molecule has 1 N–H and O–H groups in total. The summed E-state index contributed by atoms with van der Waals surface area (Å²) < 4.78 is 44.2. The molecule has 0 aromatic heterocycles. The fraction of sp³-hybridized carbons (Fsp3) is 0.222. The second-order valence-corrected chi connectivity index (χ2v) is 9.34. The molecule has 3 aromatic rings. The van der Waals surface area contributed by atoms with Gasteiger partial charge in [-0.1, -0.05) is 48.2 Å². The molecule has 0 saturated carbocycles. The van der Waals surface area contributed by atoms with Gasteiger partial charge in [0, 0.05) is 18.2 Å². The van der Waals surface area contributed by atoms with Crippen molar-refractivity contribution >= 4 is 40.1 Å². The van der Waals surface area contributed by atoms with Gasteiger partial charge in [0.25, 0.3) is 0 Å². The molecule has 0 aliphatic carbocycles. The first-order valence-corrected chi connectivity index (χ1v) is 12.4. The molecule has 1 saturated heterocycles. The number of amides is 2. The van der Waals surface area contributed by atoms with Crippen LogP contribution in [0.4, 0.5) is 24.5 Å². The highest BCUT2D eigenvalue weighted by Gasteiger charge is 2.39. The number of amidine groups is 1. The third-order valence-corrected chi connectivity index (χ3v) is 6.60. The quantitative estimate of drug-likeness (QED) is 0.375. The highest BCUT2D eigenvalue weighted by molar-refractivity contribution is 8.15. The van der Waals surface area contributed by atoms with Crippen molar-refractivity contribution in [1.29, 1.82) is 0 Å². The number of carbonyl (C=O) groups excluding carboxylic acids is 2. The maximum absolute atomic E-state index is 13.3. The van der Waals surface area contributed by atoms with Crippen LogP contribution in [0.1, 0.15) is 24.5 Å². The van der Waals surface area contributed by atoms with E-state index in [9.17, 15) is 22.8 Å². The fourth-order valence-corrected chi connectivity index (χ4v) is 4.84. The van der Waals surface area contributed by atoms with Crippen LogP contribution in [-0.4, -0.2) is 33.7 Å². The summed E-state index contributed by atoms with van der Waals surface area (Å²) in [6, 6.07) is 20.6. The number of aliphatic imine (C=N–C) groups is 1. The second-order valence-electron chi connectivity index (χ2n) is 8.17. The van der Waals surface area contributed by atoms with Crippen LogP contribution >= 0.6 is 11.8 Å². The molecule has 6 nitrogen and oxygen atoms in total. The molecule has 0 radical (unpaired) electrons. The Morgan fingerprint density at radius 2 is 1.78 bits per heavy atom. The van der Waals surface area contributed by atoms with Crippen LogP contribution in [0.2, 0.25) is 0 Å². The summed E-state index contributed by atoms with van der Waals surface area (Å²) in [6.45, 7) is 2.57. The van der Waals surface area contributed by atoms with Crippen molar-refractivity contribution in [2.24, 2.45) is 4.99 Å². The number of hydrogen-bond donors (Lipinski definition) is 1. The number of halogens is 3. The predicted molar refractivity (Wildman–Crippen MR) is 138 cm³/mol. The minimum absolute atomic E-state index is 0.0975. The Kier molecular flexibility index (Phi) is 8.17. The molecule has 2 amide bonds. The van der Waals surface area contributed by atoms with Crippen molar-refractivity contribution < 1.29 is 27.5 Å². The van der Waals surface area contributed by atoms with Gasteiger partial charge in [-0.15, -0.1) is 0 Å². The van der Waals surface area contributed by atoms with Crippen molar-refractivity contribution in [3.8, 4) is 5.75 Å². The third kappa shape index (κ3) is 6.91. The van der Waals surface area contributed by atoms with Gasteiger partial charge in [-0.05, 0) is 48.9 Å². The number of hydrogen-bond acceptors (Lipinski definition) is 5. The first-order chi connectivity index (χ1) is 17.7. The van der Waals surface area contributed by atoms with Crippen molar-refractivity contribution in [2.45, 2.75) is 31.3 Å². The van der Waals surface area contributed by atoms with Gasteiger partial charge in [0.1, 0.15) is 11.0 Å². The fourth-order valence-electron chi connectivity index (χ4n) is 3.68. The molecular weight excluding hydrogens is 503 g/mol. The molecule has 1 aliphatic rings. The second kappa shape index (κ2) is 11.5. The molecule has 37 heavy (non-hydrogen) atoms. The molecule has 3 aromatic carbocycles. The van der Waals surface area contributed by atoms with Crippen LogP contribution in [0.15, 0.2) is 83.9 Å². The van der Waals surface area contributed by atoms with Crippen molar-refractivity contribution in [2.75, 3.05) is 11.9 Å². The van der Waals surface area contributed by atoms with E-state index in [0.29, 0.717) is 23.2 Å². The van der Waals surface area contributed by atoms with E-state index in [0.717, 1.165) is 29.5 Å². The lowest BCUT2D eigenvalue weighted by Gasteiger charge is -2.17. The number of nitrogens with zero attached hydrogens (tertiary/aromatic N) is 2. The zero-order chi connectivity index (χ0) is 26.4. The number of rotatable bonds is 8. The Balaban J connectivity index is 1.53. The van der Waals surface area contributed by atoms with Gasteiger partial charge in [0.15, 0.2) is 5.17 Å². The summed E-state index contributed by atoms with van der Waals surface area (Å²) >= 11 is 1.12. The lowest BCUT2D eigenvalue weighted by molar-refractivity contribution is -0.137. The summed E-state index contributed by atoms with van der Waals surface area (Å²) in [5, 5.41) is 2.38. The molecule has 1 aliphatic heterocycles. The van der Waals surface area contributed by atoms with Crippen LogP contribution in [0.25, 0.3) is 0 Å². The van der Waals surface area contributed by atoms with Crippen molar-refractivity contribution in [1.82, 2.24) is 4.90 Å². The predicted octanol–water partition coefficient (Wildman–Crippen LogP) is 6.26. The number of carbonyl (C=O) groups is 2. The van der Waals surface area contributed by atoms with Gasteiger partial charge >= 0.3 is 6.18 Å². The smallest absolute Gasteiger partial charge is 0.416 e. The lowest BCUT2D eigenvalue weighted by atomic mass is 10.2. The zero-order valence-electron chi connectivity index (χ0n) is 19.9. The molecule has 192 valence electrons. The molecular formula is C27H24F3N3O3S. The van der Waals surface area contributed by atoms with E-state index in [1.807, 2.05) is 37.3 Å². The molecule has 10 heteroatoms. The molecule has 1 atom stereocenters. The van der Waals surface area contributed by atoms with Crippen molar-refractivity contribution in [3.05, 3.63) is 90.0 Å². The molecule has 0 bridgehead atoms. The minimum Gasteiger partial charge on any atom is -0.494 e. The normalized spacial score (nSPS) is 16.8. The average Bonchev–Trinajstić information content (AvgIpc) is 3.13. The number of ether oxygens (including phenoxy) is 1. The molecule has 0 spiro atoms. The highest BCUT2D eigenvalue weighted by Crippen LogP contribution is 2.34. The molecule has 1 unspecified atom stereocenters. The maximum atomic E-state index is 13.3. The summed E-state index contributed by atoms with van der Waals surface area (Å²) in [5.74, 6) is -0.0284. The van der Waals surface area contributed by atoms with Gasteiger partial charge in [0.05, 0.1) is 24.4 Å². The average molecular weight is 528 g/mol. The maximum Gasteiger partial charge on any atom is 0.416 e. The first kappa shape index (κ1) is 26.3. The molecule has 4 rings (SSSR count). The zero-order valence-corrected chi connectivity index (χ0v) is 20.7. The van der Waals surface area contributed by atoms with Crippen LogP contribution in [-0.2, 0) is 22.3 Å². The van der Waals surface area contributed by atoms with E-state index < -0.39 is 17.0 Å². The molecule has 1 fully saturated rings. The summed E-state index contributed by atoms with van der Waals surface area (Å²) in [5.41, 5.74) is 0.899. The van der Waals surface area contributed by atoms with E-state index in [2.05, 4.69) is 10.3 Å². The van der Waals surface area contributed by atoms with Gasteiger partial charge in [-0.25, -0.2) is 4.99 Å². The standard InChI is InChI=1S/C27H24F3N3O3S/c1-2-36-22-10-6-9-21(15-22)31-24(34)16-23-25(35)33(17-18-7-4-3-5-8-18)26(37-23)32-20-13-11-19(12-14-20)27(28,29)30/h3-15,23H,2,16-17H2,1H3,(H,31,34). The highest BCUT2D eigenvalue weighted by atomic mass is 32.2. The number of benzene rings is 3. The van der Waals surface area contributed by atoms with Gasteiger partial charge in [0.2, 0.25) is 11.8 Å². The van der Waals surface area contributed by atoms with E-state index in [1.165, 1.54) is 17.0 Å². The Morgan fingerprint density at radius 3 is 2.46 bits per heavy atom. The number of alkyl halides is 3. The van der Waals surface area contributed by atoms with E-state index in [4.69, 9.17) is 4.74 Å². The monoisotopic (exact) mass is 527 g/mol. The third-order valence-electron chi connectivity index (χ3n) is 5.42. The largest absolute Gasteiger partial charge is 0.494 e. The van der Waals surface area contributed by atoms with E-state index in [-0.39, 0.29) is 30.5 Å². The van der Waals surface area contributed by atoms with Crippen molar-refractivity contribution in [3.63, 3.8) is 0 Å². The number of anilines is 1. The van der Waals surface area contributed by atoms with E-state index in [1.54, 1.807) is 24.3 Å². The summed E-state index contributed by atoms with van der Waals surface area (Å²) in [7, 11) is 0. The van der Waals surface area contributed by atoms with Crippen LogP contribution < -0.4 is 10.1 Å².